The van der Waals surface area contributed by atoms with Gasteiger partial charge in [-0.3, -0.25) is 4.90 Å². The first-order valence-electron chi connectivity index (χ1n) is 9.31. The van der Waals surface area contributed by atoms with Crippen LogP contribution in [0.15, 0.2) is 0 Å². The highest BCUT2D eigenvalue weighted by molar-refractivity contribution is 5.70. The van der Waals surface area contributed by atoms with Crippen molar-refractivity contribution in [3.63, 3.8) is 0 Å². The number of piperidine rings is 1. The number of ether oxygens (including phenoxy) is 4. The van der Waals surface area contributed by atoms with Gasteiger partial charge in [-0.25, -0.2) is 4.79 Å². The summed E-state index contributed by atoms with van der Waals surface area (Å²) in [6.07, 6.45) is 7.23. The second-order valence-corrected chi connectivity index (χ2v) is 8.73. The third-order valence-corrected chi connectivity index (χ3v) is 5.67. The number of hydrogen-bond donors (Lipinski definition) is 1. The molecule has 1 heterocycles. The molecule has 2 aliphatic rings. The number of carbonyl (C=O) groups excluding carboxylic acids is 1. The summed E-state index contributed by atoms with van der Waals surface area (Å²) in [7, 11) is 2.81. The van der Waals surface area contributed by atoms with Crippen molar-refractivity contribution in [1.29, 1.82) is 0 Å². The van der Waals surface area contributed by atoms with Gasteiger partial charge < -0.3 is 24.1 Å². The van der Waals surface area contributed by atoms with E-state index >= 15 is 0 Å². The largest absolute Gasteiger partial charge is 0.444 e. The second kappa shape index (κ2) is 7.25. The summed E-state index contributed by atoms with van der Waals surface area (Å²) in [6.45, 7) is 8.87. The molecule has 7 nitrogen and oxygen atoms in total. The molecule has 27 heavy (non-hydrogen) atoms. The van der Waals surface area contributed by atoms with Gasteiger partial charge in [0.05, 0.1) is 18.2 Å². The van der Waals surface area contributed by atoms with Gasteiger partial charge in [0.25, 0.3) is 0 Å². The van der Waals surface area contributed by atoms with Gasteiger partial charge in [-0.15, -0.1) is 12.3 Å². The zero-order chi connectivity index (χ0) is 20.7. The minimum atomic E-state index is -1.68. The van der Waals surface area contributed by atoms with Crippen molar-refractivity contribution >= 4 is 6.09 Å². The molecule has 1 amide bonds. The standard InChI is InChI=1S/C20H33NO6/c1-9-14-12-15(26-19(6,25-8)18(5,23)24-7)13-21(20(14)10-11-20)16(22)27-17(2,3)4/h1,14-15,23H,10-13H2,2-8H3. The fourth-order valence-corrected chi connectivity index (χ4v) is 3.61. The molecule has 0 aromatic carbocycles. The highest BCUT2D eigenvalue weighted by atomic mass is 16.8. The number of likely N-dealkylation sites (tertiary alicyclic amines) is 1. The van der Waals surface area contributed by atoms with Crippen molar-refractivity contribution < 1.29 is 28.8 Å². The van der Waals surface area contributed by atoms with E-state index in [9.17, 15) is 9.90 Å². The number of aliphatic hydroxyl groups is 1. The van der Waals surface area contributed by atoms with Crippen LogP contribution in [0.25, 0.3) is 0 Å². The predicted molar refractivity (Wildman–Crippen MR) is 99.8 cm³/mol. The number of amides is 1. The molecular weight excluding hydrogens is 350 g/mol. The first-order valence-corrected chi connectivity index (χ1v) is 9.31. The van der Waals surface area contributed by atoms with E-state index in [0.717, 1.165) is 12.8 Å². The average molecular weight is 383 g/mol. The predicted octanol–water partition coefficient (Wildman–Crippen LogP) is 2.51. The third-order valence-electron chi connectivity index (χ3n) is 5.67. The molecule has 2 fully saturated rings. The van der Waals surface area contributed by atoms with Crippen LogP contribution in [0.4, 0.5) is 4.79 Å². The van der Waals surface area contributed by atoms with E-state index in [-0.39, 0.29) is 11.5 Å². The van der Waals surface area contributed by atoms with Crippen LogP contribution in [0.3, 0.4) is 0 Å². The normalized spacial score (nSPS) is 28.8. The van der Waals surface area contributed by atoms with Crippen LogP contribution in [0.5, 0.6) is 0 Å². The van der Waals surface area contributed by atoms with E-state index in [2.05, 4.69) is 5.92 Å². The maximum Gasteiger partial charge on any atom is 0.410 e. The van der Waals surface area contributed by atoms with E-state index in [0.29, 0.717) is 13.0 Å². The Hall–Kier alpha value is -1.33. The molecule has 7 heteroatoms. The molecule has 0 aromatic rings. The smallest absolute Gasteiger partial charge is 0.410 e. The molecule has 0 bridgehead atoms. The SMILES string of the molecule is C#CC1CC(OC(C)(OC)C(C)(O)OC)CN(C(=O)OC(C)(C)C)C12CC2. The Labute approximate surface area is 162 Å². The number of methoxy groups -OCH3 is 2. The lowest BCUT2D eigenvalue weighted by Gasteiger charge is -2.47. The van der Waals surface area contributed by atoms with Crippen LogP contribution in [0, 0.1) is 18.3 Å². The Bertz CT molecular complexity index is 601. The monoisotopic (exact) mass is 383 g/mol. The van der Waals surface area contributed by atoms with Crippen molar-refractivity contribution in [3.05, 3.63) is 0 Å². The van der Waals surface area contributed by atoms with Gasteiger partial charge in [0, 0.05) is 20.1 Å². The molecule has 1 aliphatic heterocycles. The first-order chi connectivity index (χ1) is 12.3. The zero-order valence-corrected chi connectivity index (χ0v) is 17.5. The summed E-state index contributed by atoms with van der Waals surface area (Å²) in [4.78, 5) is 14.5. The Morgan fingerprint density at radius 1 is 1.19 bits per heavy atom. The minimum absolute atomic E-state index is 0.155. The quantitative estimate of drug-likeness (QED) is 0.581. The van der Waals surface area contributed by atoms with Crippen LogP contribution >= 0.6 is 0 Å². The van der Waals surface area contributed by atoms with Gasteiger partial charge in [0.1, 0.15) is 5.60 Å². The van der Waals surface area contributed by atoms with E-state index < -0.39 is 29.4 Å². The van der Waals surface area contributed by atoms with Crippen LogP contribution in [-0.4, -0.2) is 65.7 Å². The molecule has 4 atom stereocenters. The maximum absolute atomic E-state index is 12.8. The van der Waals surface area contributed by atoms with Gasteiger partial charge in [-0.2, -0.15) is 0 Å². The van der Waals surface area contributed by atoms with Gasteiger partial charge in [0.15, 0.2) is 0 Å². The van der Waals surface area contributed by atoms with E-state index in [1.807, 2.05) is 20.8 Å². The fourth-order valence-electron chi connectivity index (χ4n) is 3.61. The van der Waals surface area contributed by atoms with Crippen molar-refractivity contribution in [1.82, 2.24) is 4.90 Å². The van der Waals surface area contributed by atoms with Crippen LogP contribution in [0.1, 0.15) is 53.9 Å². The van der Waals surface area contributed by atoms with Gasteiger partial charge in [0.2, 0.25) is 11.6 Å². The van der Waals surface area contributed by atoms with Crippen molar-refractivity contribution in [2.45, 2.75) is 82.7 Å². The summed E-state index contributed by atoms with van der Waals surface area (Å²) in [6, 6.07) is 0. The molecule has 1 aliphatic carbocycles. The number of carbonyl (C=O) groups is 1. The second-order valence-electron chi connectivity index (χ2n) is 8.73. The molecule has 2 rings (SSSR count). The maximum atomic E-state index is 12.8. The lowest BCUT2D eigenvalue weighted by molar-refractivity contribution is -0.385. The molecule has 0 radical (unpaired) electrons. The first kappa shape index (κ1) is 22.0. The molecule has 1 N–H and O–H groups in total. The number of nitrogens with zero attached hydrogens (tertiary/aromatic N) is 1. The molecule has 1 spiro atoms. The van der Waals surface area contributed by atoms with Gasteiger partial charge in [-0.1, -0.05) is 0 Å². The van der Waals surface area contributed by atoms with Crippen LogP contribution in [-0.2, 0) is 18.9 Å². The summed E-state index contributed by atoms with van der Waals surface area (Å²) < 4.78 is 22.3. The zero-order valence-electron chi connectivity index (χ0n) is 17.5. The van der Waals surface area contributed by atoms with Crippen LogP contribution in [0.2, 0.25) is 0 Å². The lowest BCUT2D eigenvalue weighted by Crippen LogP contribution is -2.61. The third kappa shape index (κ3) is 4.24. The fraction of sp³-hybridized carbons (Fsp3) is 0.850. The van der Waals surface area contributed by atoms with E-state index in [4.69, 9.17) is 25.4 Å². The summed E-state index contributed by atoms with van der Waals surface area (Å²) in [5, 5.41) is 10.5. The van der Waals surface area contributed by atoms with Crippen LogP contribution < -0.4 is 0 Å². The topological polar surface area (TPSA) is 77.5 Å². The number of rotatable bonds is 5. The molecule has 1 saturated carbocycles. The Morgan fingerprint density at radius 2 is 1.78 bits per heavy atom. The molecule has 0 aromatic heterocycles. The average Bonchev–Trinajstić information content (AvgIpc) is 3.35. The Morgan fingerprint density at radius 3 is 2.19 bits per heavy atom. The highest BCUT2D eigenvalue weighted by Gasteiger charge is 2.60. The number of terminal acetylenes is 1. The van der Waals surface area contributed by atoms with Crippen molar-refractivity contribution in [3.8, 4) is 12.3 Å². The Balaban J connectivity index is 2.25. The molecular formula is C20H33NO6. The Kier molecular flexibility index (Phi) is 5.90. The van der Waals surface area contributed by atoms with E-state index in [1.165, 1.54) is 21.1 Å². The highest BCUT2D eigenvalue weighted by Crippen LogP contribution is 2.53. The lowest BCUT2D eigenvalue weighted by atomic mass is 9.86. The van der Waals surface area contributed by atoms with Gasteiger partial charge >= 0.3 is 6.09 Å². The summed E-state index contributed by atoms with van der Waals surface area (Å²) in [5.74, 6) is -0.441. The van der Waals surface area contributed by atoms with Gasteiger partial charge in [-0.05, 0) is 53.9 Å². The van der Waals surface area contributed by atoms with E-state index in [1.54, 1.807) is 11.8 Å². The molecule has 4 unspecified atom stereocenters. The number of hydrogen-bond acceptors (Lipinski definition) is 6. The molecule has 1 saturated heterocycles. The van der Waals surface area contributed by atoms with Crippen molar-refractivity contribution in [2.75, 3.05) is 20.8 Å². The minimum Gasteiger partial charge on any atom is -0.444 e. The molecule has 154 valence electrons. The summed E-state index contributed by atoms with van der Waals surface area (Å²) in [5.41, 5.74) is -0.961. The van der Waals surface area contributed by atoms with Crippen molar-refractivity contribution in [2.24, 2.45) is 5.92 Å². The summed E-state index contributed by atoms with van der Waals surface area (Å²) >= 11 is 0.